The molecule has 0 bridgehead atoms. The number of nitrogens with zero attached hydrogens (tertiary/aromatic N) is 2. The minimum absolute atomic E-state index is 0.217. The molecule has 9 heteroatoms. The number of anilines is 1. The fourth-order valence-corrected chi connectivity index (χ4v) is 3.55. The Morgan fingerprint density at radius 3 is 2.93 bits per heavy atom. The summed E-state index contributed by atoms with van der Waals surface area (Å²) >= 11 is 6.17. The van der Waals surface area contributed by atoms with E-state index in [1.807, 2.05) is 30.3 Å². The van der Waals surface area contributed by atoms with Gasteiger partial charge in [-0.2, -0.15) is 0 Å². The molecule has 1 fully saturated rings. The smallest absolute Gasteiger partial charge is 0.293 e. The van der Waals surface area contributed by atoms with Gasteiger partial charge in [-0.25, -0.2) is 0 Å². The van der Waals surface area contributed by atoms with Gasteiger partial charge in [0.1, 0.15) is 5.75 Å². The number of aromatic nitrogens is 1. The summed E-state index contributed by atoms with van der Waals surface area (Å²) in [5, 5.41) is 6.13. The minimum Gasteiger partial charge on any atom is -0.497 e. The van der Waals surface area contributed by atoms with E-state index in [4.69, 9.17) is 17.0 Å². The van der Waals surface area contributed by atoms with Crippen molar-refractivity contribution >= 4 is 52.0 Å². The van der Waals surface area contributed by atoms with Gasteiger partial charge in [-0.3, -0.25) is 19.5 Å². The molecule has 28 heavy (non-hydrogen) atoms. The monoisotopic (exact) mass is 414 g/mol. The van der Waals surface area contributed by atoms with Gasteiger partial charge in [-0.05, 0) is 53.8 Å². The van der Waals surface area contributed by atoms with Gasteiger partial charge in [0.15, 0.2) is 5.11 Å². The predicted molar refractivity (Wildman–Crippen MR) is 114 cm³/mol. The summed E-state index contributed by atoms with van der Waals surface area (Å²) in [6, 6.07) is 10.9. The Hall–Kier alpha value is -2.91. The predicted octanol–water partition coefficient (Wildman–Crippen LogP) is 3.11. The molecule has 1 saturated heterocycles. The normalized spacial score (nSPS) is 15.0. The fraction of sp³-hybridized carbons (Fsp3) is 0.158. The zero-order chi connectivity index (χ0) is 19.9. The molecule has 0 spiro atoms. The molecule has 0 radical (unpaired) electrons. The van der Waals surface area contributed by atoms with E-state index in [9.17, 15) is 9.59 Å². The lowest BCUT2D eigenvalue weighted by molar-refractivity contribution is -0.122. The maximum atomic E-state index is 12.5. The molecule has 2 amide bonds. The van der Waals surface area contributed by atoms with Crippen LogP contribution in [0.25, 0.3) is 6.08 Å². The van der Waals surface area contributed by atoms with Crippen molar-refractivity contribution in [2.24, 2.45) is 0 Å². The molecule has 1 aromatic carbocycles. The maximum absolute atomic E-state index is 12.5. The molecule has 7 nitrogen and oxygen atoms in total. The van der Waals surface area contributed by atoms with Gasteiger partial charge in [0.2, 0.25) is 0 Å². The molecule has 1 aliphatic heterocycles. The van der Waals surface area contributed by atoms with E-state index < -0.39 is 0 Å². The third-order valence-corrected chi connectivity index (χ3v) is 4.96. The Labute approximate surface area is 172 Å². The highest BCUT2D eigenvalue weighted by atomic mass is 32.2. The second-order valence-electron chi connectivity index (χ2n) is 5.73. The molecule has 2 aromatic rings. The topological polar surface area (TPSA) is 83.6 Å². The number of thiocarbonyl (C=S) groups is 1. The van der Waals surface area contributed by atoms with Crippen LogP contribution in [0.1, 0.15) is 5.56 Å². The summed E-state index contributed by atoms with van der Waals surface area (Å²) in [5.74, 6) is 0.401. The molecule has 3 rings (SSSR count). The van der Waals surface area contributed by atoms with E-state index in [0.717, 1.165) is 23.0 Å². The van der Waals surface area contributed by atoms with Crippen LogP contribution in [0.3, 0.4) is 0 Å². The lowest BCUT2D eigenvalue weighted by Crippen LogP contribution is -2.38. The van der Waals surface area contributed by atoms with Crippen molar-refractivity contribution in [3.63, 3.8) is 0 Å². The van der Waals surface area contributed by atoms with Crippen LogP contribution in [0.2, 0.25) is 0 Å². The van der Waals surface area contributed by atoms with E-state index in [1.165, 1.54) is 4.90 Å². The van der Waals surface area contributed by atoms with Crippen molar-refractivity contribution in [2.75, 3.05) is 25.5 Å². The van der Waals surface area contributed by atoms with Gasteiger partial charge >= 0.3 is 0 Å². The molecule has 0 unspecified atom stereocenters. The molecule has 2 N–H and O–H groups in total. The highest BCUT2D eigenvalue weighted by Crippen LogP contribution is 2.31. The van der Waals surface area contributed by atoms with E-state index in [0.29, 0.717) is 22.3 Å². The quantitative estimate of drug-likeness (QED) is 0.551. The summed E-state index contributed by atoms with van der Waals surface area (Å²) in [5.41, 5.74) is 1.55. The average molecular weight is 415 g/mol. The molecule has 144 valence electrons. The van der Waals surface area contributed by atoms with Crippen LogP contribution in [-0.2, 0) is 4.79 Å². The van der Waals surface area contributed by atoms with Crippen molar-refractivity contribution in [1.29, 1.82) is 0 Å². The van der Waals surface area contributed by atoms with Gasteiger partial charge in [0.25, 0.3) is 11.1 Å². The molecule has 2 heterocycles. The number of methoxy groups -OCH3 is 1. The van der Waals surface area contributed by atoms with E-state index in [-0.39, 0.29) is 17.7 Å². The first-order chi connectivity index (χ1) is 13.6. The van der Waals surface area contributed by atoms with E-state index >= 15 is 0 Å². The third kappa shape index (κ3) is 5.08. The van der Waals surface area contributed by atoms with Crippen molar-refractivity contribution < 1.29 is 14.3 Å². The number of benzene rings is 1. The van der Waals surface area contributed by atoms with Crippen LogP contribution < -0.4 is 15.4 Å². The Kier molecular flexibility index (Phi) is 6.62. The highest BCUT2D eigenvalue weighted by Gasteiger charge is 2.34. The third-order valence-electron chi connectivity index (χ3n) is 3.80. The van der Waals surface area contributed by atoms with Crippen molar-refractivity contribution in [3.8, 4) is 5.75 Å². The van der Waals surface area contributed by atoms with Crippen molar-refractivity contribution in [2.45, 2.75) is 0 Å². The standard InChI is InChI=1S/C19H18N4O3S2/c1-26-15-6-2-5-14(11-15)22-18(27)21-8-9-23-17(24)16(28-19(23)25)10-13-4-3-7-20-12-13/h2-7,10-12H,8-9H2,1H3,(H2,21,22,27)/b16-10-. The number of thioether (sulfide) groups is 1. The van der Waals surface area contributed by atoms with Crippen LogP contribution >= 0.6 is 24.0 Å². The first-order valence-corrected chi connectivity index (χ1v) is 9.63. The zero-order valence-corrected chi connectivity index (χ0v) is 16.7. The minimum atomic E-state index is -0.313. The first kappa shape index (κ1) is 19.8. The summed E-state index contributed by atoms with van der Waals surface area (Å²) in [6.07, 6.45) is 4.95. The number of amides is 2. The number of rotatable bonds is 6. The van der Waals surface area contributed by atoms with Crippen LogP contribution in [0.5, 0.6) is 5.75 Å². The molecule has 1 aliphatic rings. The first-order valence-electron chi connectivity index (χ1n) is 8.41. The second-order valence-corrected chi connectivity index (χ2v) is 7.13. The molecular formula is C19H18N4O3S2. The summed E-state index contributed by atoms with van der Waals surface area (Å²) in [7, 11) is 1.59. The summed E-state index contributed by atoms with van der Waals surface area (Å²) in [6.45, 7) is 0.559. The molecule has 1 aromatic heterocycles. The Balaban J connectivity index is 1.51. The number of hydrogen-bond acceptors (Lipinski definition) is 6. The fourth-order valence-electron chi connectivity index (χ4n) is 2.46. The second kappa shape index (κ2) is 9.34. The van der Waals surface area contributed by atoms with Gasteiger partial charge in [0, 0.05) is 37.2 Å². The number of carbonyl (C=O) groups is 2. The molecular weight excluding hydrogens is 396 g/mol. The summed E-state index contributed by atoms with van der Waals surface area (Å²) in [4.78, 5) is 30.2. The van der Waals surface area contributed by atoms with Crippen molar-refractivity contribution in [3.05, 3.63) is 59.3 Å². The lowest BCUT2D eigenvalue weighted by Gasteiger charge is -2.15. The van der Waals surface area contributed by atoms with Crippen LogP contribution in [0.4, 0.5) is 10.5 Å². The van der Waals surface area contributed by atoms with Gasteiger partial charge < -0.3 is 15.4 Å². The SMILES string of the molecule is COc1cccc(NC(=S)NCCN2C(=O)S/C(=C\c3cccnc3)C2=O)c1. The van der Waals surface area contributed by atoms with Crippen LogP contribution in [-0.4, -0.2) is 46.3 Å². The summed E-state index contributed by atoms with van der Waals surface area (Å²) < 4.78 is 5.16. The Morgan fingerprint density at radius 1 is 1.32 bits per heavy atom. The lowest BCUT2D eigenvalue weighted by atomic mass is 10.2. The average Bonchev–Trinajstić information content (AvgIpc) is 2.96. The number of hydrogen-bond donors (Lipinski definition) is 2. The van der Waals surface area contributed by atoms with Crippen LogP contribution in [0.15, 0.2) is 53.7 Å². The number of carbonyl (C=O) groups excluding carboxylic acids is 2. The Bertz CT molecular complexity index is 918. The maximum Gasteiger partial charge on any atom is 0.293 e. The number of ether oxygens (including phenoxy) is 1. The molecule has 0 aliphatic carbocycles. The molecule has 0 atom stereocenters. The zero-order valence-electron chi connectivity index (χ0n) is 15.0. The van der Waals surface area contributed by atoms with Crippen LogP contribution in [0, 0.1) is 0 Å². The largest absolute Gasteiger partial charge is 0.497 e. The Morgan fingerprint density at radius 2 is 2.18 bits per heavy atom. The van der Waals surface area contributed by atoms with Gasteiger partial charge in [0.05, 0.1) is 12.0 Å². The number of imide groups is 1. The van der Waals surface area contributed by atoms with E-state index in [1.54, 1.807) is 31.6 Å². The van der Waals surface area contributed by atoms with Gasteiger partial charge in [-0.1, -0.05) is 12.1 Å². The highest BCUT2D eigenvalue weighted by molar-refractivity contribution is 8.18. The number of nitrogens with one attached hydrogen (secondary N) is 2. The van der Waals surface area contributed by atoms with Crippen molar-refractivity contribution in [1.82, 2.24) is 15.2 Å². The molecule has 0 saturated carbocycles. The number of pyridine rings is 1. The van der Waals surface area contributed by atoms with E-state index in [2.05, 4.69) is 15.6 Å². The van der Waals surface area contributed by atoms with Gasteiger partial charge in [-0.15, -0.1) is 0 Å².